The molecule has 19 heavy (non-hydrogen) atoms. The van der Waals surface area contributed by atoms with Gasteiger partial charge in [0.2, 0.25) is 0 Å². The van der Waals surface area contributed by atoms with E-state index in [1.54, 1.807) is 0 Å². The Morgan fingerprint density at radius 2 is 2.16 bits per heavy atom. The Kier molecular flexibility index (Phi) is 5.08. The van der Waals surface area contributed by atoms with Crippen LogP contribution < -0.4 is 4.74 Å². The van der Waals surface area contributed by atoms with Crippen molar-refractivity contribution in [2.45, 2.75) is 12.8 Å². The van der Waals surface area contributed by atoms with Gasteiger partial charge in [0.25, 0.3) is 0 Å². The monoisotopic (exact) mass is 273 g/mol. The zero-order chi connectivity index (χ0) is 14.3. The molecule has 0 aliphatic heterocycles. The zero-order valence-corrected chi connectivity index (χ0v) is 9.63. The third-order valence-electron chi connectivity index (χ3n) is 1.98. The first-order valence-corrected chi connectivity index (χ1v) is 5.18. The van der Waals surface area contributed by atoms with Crippen molar-refractivity contribution in [2.75, 3.05) is 6.54 Å². The summed E-state index contributed by atoms with van der Waals surface area (Å²) in [6, 6.07) is 3.26. The van der Waals surface area contributed by atoms with E-state index in [4.69, 9.17) is 5.53 Å². The lowest BCUT2D eigenvalue weighted by Crippen LogP contribution is -2.17. The molecule has 0 aliphatic rings. The quantitative estimate of drug-likeness (QED) is 0.381. The van der Waals surface area contributed by atoms with Crippen molar-refractivity contribution in [2.24, 2.45) is 5.11 Å². The molecule has 0 radical (unpaired) electrons. The topological polar surface area (TPSA) is 78.2 Å². The third kappa shape index (κ3) is 5.69. The highest BCUT2D eigenvalue weighted by atomic mass is 19.4. The minimum atomic E-state index is -4.80. The van der Waals surface area contributed by atoms with Crippen LogP contribution in [0.2, 0.25) is 0 Å². The second kappa shape index (κ2) is 6.55. The van der Waals surface area contributed by atoms with Crippen LogP contribution in [0.3, 0.4) is 0 Å². The minimum absolute atomic E-state index is 0.0817. The summed E-state index contributed by atoms with van der Waals surface area (Å²) in [5, 5.41) is 12.5. The molecular formula is C11H10F3N3O2. The molecular weight excluding hydrogens is 263 g/mol. The first-order valence-electron chi connectivity index (χ1n) is 5.18. The molecule has 1 aromatic rings. The predicted molar refractivity (Wildman–Crippen MR) is 62.5 cm³/mol. The summed E-state index contributed by atoms with van der Waals surface area (Å²) in [5.41, 5.74) is 8.13. The first-order chi connectivity index (χ1) is 8.92. The van der Waals surface area contributed by atoms with E-state index >= 15 is 0 Å². The number of nitrogens with zero attached hydrogens (tertiary/aromatic N) is 3. The van der Waals surface area contributed by atoms with Crippen molar-refractivity contribution < 1.29 is 23.0 Å². The van der Waals surface area contributed by atoms with Gasteiger partial charge in [-0.3, -0.25) is 0 Å². The predicted octanol–water partition coefficient (Wildman–Crippen LogP) is 4.00. The van der Waals surface area contributed by atoms with E-state index in [1.807, 2.05) is 0 Å². The fraction of sp³-hybridized carbons (Fsp3) is 0.273. The van der Waals surface area contributed by atoms with Crippen molar-refractivity contribution in [3.8, 4) is 11.5 Å². The summed E-state index contributed by atoms with van der Waals surface area (Å²) < 4.78 is 40.3. The van der Waals surface area contributed by atoms with Crippen LogP contribution in [0.4, 0.5) is 13.2 Å². The molecule has 1 rings (SSSR count). The Morgan fingerprint density at radius 1 is 1.42 bits per heavy atom. The zero-order valence-electron chi connectivity index (χ0n) is 9.63. The highest BCUT2D eigenvalue weighted by Gasteiger charge is 2.31. The molecule has 0 aromatic heterocycles. The van der Waals surface area contributed by atoms with Crippen LogP contribution >= 0.6 is 0 Å². The Bertz CT molecular complexity index is 508. The normalized spacial score (nSPS) is 11.3. The molecule has 0 spiro atoms. The molecule has 0 fully saturated rings. The number of benzene rings is 1. The molecule has 8 heteroatoms. The number of phenols is 1. The van der Waals surface area contributed by atoms with Gasteiger partial charge >= 0.3 is 6.36 Å². The third-order valence-corrected chi connectivity index (χ3v) is 1.98. The van der Waals surface area contributed by atoms with Crippen LogP contribution in [0, 0.1) is 0 Å². The number of hydrogen-bond acceptors (Lipinski definition) is 3. The lowest BCUT2D eigenvalue weighted by Gasteiger charge is -2.11. The molecule has 5 nitrogen and oxygen atoms in total. The number of halogens is 3. The average molecular weight is 273 g/mol. The number of phenolic OH excluding ortho intramolecular Hbond substituents is 1. The second-order valence-corrected chi connectivity index (χ2v) is 3.42. The Balaban J connectivity index is 2.85. The summed E-state index contributed by atoms with van der Waals surface area (Å²) in [5.74, 6) is -0.588. The number of hydrogen-bond donors (Lipinski definition) is 1. The number of ether oxygens (including phenoxy) is 1. The smallest absolute Gasteiger partial charge is 0.508 e. The molecule has 0 saturated heterocycles. The molecule has 0 saturated carbocycles. The maximum absolute atomic E-state index is 12.1. The van der Waals surface area contributed by atoms with Gasteiger partial charge in [-0.25, -0.2) is 0 Å². The van der Waals surface area contributed by atoms with Crippen LogP contribution in [0.15, 0.2) is 29.4 Å². The number of rotatable bonds is 5. The van der Waals surface area contributed by atoms with E-state index in [1.165, 1.54) is 12.2 Å². The summed E-state index contributed by atoms with van der Waals surface area (Å²) in [6.45, 7) is 0.196. The second-order valence-electron chi connectivity index (χ2n) is 3.42. The fourth-order valence-corrected chi connectivity index (χ4v) is 1.27. The summed E-state index contributed by atoms with van der Waals surface area (Å²) in [6.07, 6.45) is -1.56. The molecule has 1 aromatic carbocycles. The summed E-state index contributed by atoms with van der Waals surface area (Å²) >= 11 is 0. The molecule has 102 valence electrons. The molecule has 0 atom stereocenters. The Morgan fingerprint density at radius 3 is 2.79 bits per heavy atom. The fourth-order valence-electron chi connectivity index (χ4n) is 1.27. The Hall–Kier alpha value is -2.34. The molecule has 0 unspecified atom stereocenters. The molecule has 0 heterocycles. The highest BCUT2D eigenvalue weighted by Crippen LogP contribution is 2.30. The number of azide groups is 1. The summed E-state index contributed by atoms with van der Waals surface area (Å²) in [4.78, 5) is 2.54. The minimum Gasteiger partial charge on any atom is -0.508 e. The van der Waals surface area contributed by atoms with Gasteiger partial charge in [-0.1, -0.05) is 17.3 Å². The maximum atomic E-state index is 12.1. The average Bonchev–Trinajstić information content (AvgIpc) is 2.30. The molecule has 1 N–H and O–H groups in total. The van der Waals surface area contributed by atoms with Crippen molar-refractivity contribution in [1.82, 2.24) is 0 Å². The Labute approximate surface area is 106 Å². The first kappa shape index (κ1) is 14.7. The van der Waals surface area contributed by atoms with Crippen molar-refractivity contribution in [3.05, 3.63) is 40.3 Å². The van der Waals surface area contributed by atoms with E-state index in [9.17, 15) is 18.3 Å². The van der Waals surface area contributed by atoms with Gasteiger partial charge in [0.15, 0.2) is 0 Å². The lowest BCUT2D eigenvalue weighted by atomic mass is 10.1. The standard InChI is InChI=1S/C11H10F3N3O2/c12-11(13,14)19-10-5-4-9(18)7-8(10)3-1-2-6-16-17-15/h1,3-5,7,18H,2,6H2. The van der Waals surface area contributed by atoms with Crippen molar-refractivity contribution in [3.63, 3.8) is 0 Å². The van der Waals surface area contributed by atoms with E-state index in [2.05, 4.69) is 14.8 Å². The van der Waals surface area contributed by atoms with Crippen LogP contribution in [0.1, 0.15) is 12.0 Å². The van der Waals surface area contributed by atoms with Gasteiger partial charge in [0.05, 0.1) is 0 Å². The van der Waals surface area contributed by atoms with Crippen LogP contribution in [-0.4, -0.2) is 18.0 Å². The molecule has 0 bridgehead atoms. The number of alkyl halides is 3. The van der Waals surface area contributed by atoms with E-state index in [0.29, 0.717) is 6.42 Å². The van der Waals surface area contributed by atoms with E-state index < -0.39 is 12.1 Å². The maximum Gasteiger partial charge on any atom is 0.573 e. The highest BCUT2D eigenvalue weighted by molar-refractivity contribution is 5.59. The van der Waals surface area contributed by atoms with Crippen LogP contribution in [0.25, 0.3) is 16.5 Å². The summed E-state index contributed by atoms with van der Waals surface area (Å²) in [7, 11) is 0. The van der Waals surface area contributed by atoms with E-state index in [0.717, 1.165) is 18.2 Å². The van der Waals surface area contributed by atoms with Gasteiger partial charge < -0.3 is 9.84 Å². The molecule has 0 aliphatic carbocycles. The van der Waals surface area contributed by atoms with Gasteiger partial charge in [0, 0.05) is 17.0 Å². The largest absolute Gasteiger partial charge is 0.573 e. The van der Waals surface area contributed by atoms with Crippen LogP contribution in [0.5, 0.6) is 11.5 Å². The van der Waals surface area contributed by atoms with Gasteiger partial charge in [0.1, 0.15) is 11.5 Å². The SMILES string of the molecule is [N-]=[N+]=NCCC=Cc1cc(O)ccc1OC(F)(F)F. The van der Waals surface area contributed by atoms with Gasteiger partial charge in [-0.2, -0.15) is 0 Å². The van der Waals surface area contributed by atoms with Crippen molar-refractivity contribution >= 4 is 6.08 Å². The van der Waals surface area contributed by atoms with Crippen LogP contribution in [-0.2, 0) is 0 Å². The van der Waals surface area contributed by atoms with Gasteiger partial charge in [-0.05, 0) is 30.2 Å². The van der Waals surface area contributed by atoms with Crippen molar-refractivity contribution in [1.29, 1.82) is 0 Å². The van der Waals surface area contributed by atoms with E-state index in [-0.39, 0.29) is 17.9 Å². The molecule has 0 amide bonds. The number of aromatic hydroxyl groups is 1. The van der Waals surface area contributed by atoms with Gasteiger partial charge in [-0.15, -0.1) is 13.2 Å². The lowest BCUT2D eigenvalue weighted by molar-refractivity contribution is -0.274.